The second-order valence-corrected chi connectivity index (χ2v) is 11.7. The molecule has 0 saturated heterocycles. The standard InChI is InChI=1S/C28H34FN3O3S/c1-20(21-10-8-7-9-11-21)32(27(33)28(2,3)4)19-22-18-24(14-17-26(22)31(5)6)30-36(34,35)25-15-12-23(29)13-16-25/h7-18,20,30H,19H2,1-6H3/t20-/m1/s1. The van der Waals surface area contributed by atoms with Gasteiger partial charge in [-0.3, -0.25) is 9.52 Å². The van der Waals surface area contributed by atoms with Crippen molar-refractivity contribution in [3.05, 3.63) is 89.7 Å². The lowest BCUT2D eigenvalue weighted by Gasteiger charge is -2.35. The minimum Gasteiger partial charge on any atom is -0.377 e. The molecular formula is C28H34FN3O3S. The van der Waals surface area contributed by atoms with Crippen LogP contribution in [0.15, 0.2) is 77.7 Å². The zero-order valence-corrected chi connectivity index (χ0v) is 22.4. The molecular weight excluding hydrogens is 477 g/mol. The number of benzene rings is 3. The molecule has 0 unspecified atom stereocenters. The van der Waals surface area contributed by atoms with E-state index in [1.165, 1.54) is 12.1 Å². The highest BCUT2D eigenvalue weighted by molar-refractivity contribution is 7.92. The average Bonchev–Trinajstić information content (AvgIpc) is 2.81. The van der Waals surface area contributed by atoms with Crippen molar-refractivity contribution < 1.29 is 17.6 Å². The molecule has 1 amide bonds. The van der Waals surface area contributed by atoms with Gasteiger partial charge in [-0.1, -0.05) is 51.1 Å². The van der Waals surface area contributed by atoms with Crippen LogP contribution in [0, 0.1) is 11.2 Å². The summed E-state index contributed by atoms with van der Waals surface area (Å²) in [6.45, 7) is 7.95. The van der Waals surface area contributed by atoms with E-state index in [1.54, 1.807) is 12.1 Å². The normalized spacial score (nSPS) is 12.6. The number of nitrogens with zero attached hydrogens (tertiary/aromatic N) is 2. The van der Waals surface area contributed by atoms with E-state index in [-0.39, 0.29) is 23.4 Å². The van der Waals surface area contributed by atoms with Crippen LogP contribution in [-0.4, -0.2) is 33.3 Å². The number of anilines is 2. The van der Waals surface area contributed by atoms with Gasteiger partial charge in [-0.05, 0) is 60.5 Å². The third-order valence-corrected chi connectivity index (χ3v) is 7.33. The summed E-state index contributed by atoms with van der Waals surface area (Å²) in [7, 11) is -0.117. The number of carbonyl (C=O) groups excluding carboxylic acids is 1. The van der Waals surface area contributed by atoms with Gasteiger partial charge in [0.15, 0.2) is 0 Å². The van der Waals surface area contributed by atoms with Crippen molar-refractivity contribution in [1.82, 2.24) is 4.90 Å². The van der Waals surface area contributed by atoms with Gasteiger partial charge in [0.1, 0.15) is 5.82 Å². The number of sulfonamides is 1. The molecule has 3 rings (SSSR count). The van der Waals surface area contributed by atoms with Gasteiger partial charge in [-0.15, -0.1) is 0 Å². The Labute approximate surface area is 213 Å². The first-order valence-corrected chi connectivity index (χ1v) is 13.2. The summed E-state index contributed by atoms with van der Waals surface area (Å²) in [4.78, 5) is 17.3. The number of hydrogen-bond acceptors (Lipinski definition) is 4. The van der Waals surface area contributed by atoms with E-state index in [1.807, 2.05) is 88.0 Å². The second-order valence-electron chi connectivity index (χ2n) is 10.1. The lowest BCUT2D eigenvalue weighted by Crippen LogP contribution is -2.40. The van der Waals surface area contributed by atoms with Gasteiger partial charge >= 0.3 is 0 Å². The molecule has 3 aromatic rings. The lowest BCUT2D eigenvalue weighted by atomic mass is 9.92. The Morgan fingerprint density at radius 2 is 1.58 bits per heavy atom. The Kier molecular flexibility index (Phi) is 8.09. The smallest absolute Gasteiger partial charge is 0.261 e. The minimum atomic E-state index is -3.92. The van der Waals surface area contributed by atoms with Crippen LogP contribution in [-0.2, 0) is 21.4 Å². The molecule has 0 fully saturated rings. The first kappa shape index (κ1) is 27.2. The number of amides is 1. The molecule has 6 nitrogen and oxygen atoms in total. The second kappa shape index (κ2) is 10.7. The lowest BCUT2D eigenvalue weighted by molar-refractivity contribution is -0.142. The van der Waals surface area contributed by atoms with Crippen LogP contribution in [0.3, 0.4) is 0 Å². The number of nitrogens with one attached hydrogen (secondary N) is 1. The van der Waals surface area contributed by atoms with Crippen LogP contribution in [0.1, 0.15) is 44.9 Å². The van der Waals surface area contributed by atoms with Crippen LogP contribution >= 0.6 is 0 Å². The molecule has 0 spiro atoms. The summed E-state index contributed by atoms with van der Waals surface area (Å²) in [5.74, 6) is -0.524. The summed E-state index contributed by atoms with van der Waals surface area (Å²) in [6.07, 6.45) is 0. The monoisotopic (exact) mass is 511 g/mol. The van der Waals surface area contributed by atoms with Crippen molar-refractivity contribution in [2.75, 3.05) is 23.7 Å². The van der Waals surface area contributed by atoms with Gasteiger partial charge in [-0.25, -0.2) is 12.8 Å². The van der Waals surface area contributed by atoms with E-state index in [0.29, 0.717) is 5.69 Å². The highest BCUT2D eigenvalue weighted by Gasteiger charge is 2.31. The number of carbonyl (C=O) groups is 1. The summed E-state index contributed by atoms with van der Waals surface area (Å²) in [5.41, 5.74) is 2.42. The molecule has 0 heterocycles. The molecule has 1 N–H and O–H groups in total. The molecule has 8 heteroatoms. The maximum Gasteiger partial charge on any atom is 0.261 e. The van der Waals surface area contributed by atoms with Crippen molar-refractivity contribution in [3.8, 4) is 0 Å². The minimum absolute atomic E-state index is 0.0131. The molecule has 36 heavy (non-hydrogen) atoms. The third kappa shape index (κ3) is 6.43. The quantitative estimate of drug-likeness (QED) is 0.413. The van der Waals surface area contributed by atoms with Crippen LogP contribution in [0.2, 0.25) is 0 Å². The average molecular weight is 512 g/mol. The zero-order valence-electron chi connectivity index (χ0n) is 21.6. The van der Waals surface area contributed by atoms with Crippen molar-refractivity contribution in [2.45, 2.75) is 45.2 Å². The molecule has 0 aliphatic rings. The van der Waals surface area contributed by atoms with Crippen molar-refractivity contribution >= 4 is 27.3 Å². The molecule has 0 radical (unpaired) electrons. The van der Waals surface area contributed by atoms with E-state index in [4.69, 9.17) is 0 Å². The molecule has 0 aromatic heterocycles. The zero-order chi connectivity index (χ0) is 26.7. The van der Waals surface area contributed by atoms with E-state index in [9.17, 15) is 17.6 Å². The van der Waals surface area contributed by atoms with Crippen LogP contribution in [0.25, 0.3) is 0 Å². The molecule has 0 saturated carbocycles. The Hall–Kier alpha value is -3.39. The van der Waals surface area contributed by atoms with Crippen LogP contribution < -0.4 is 9.62 Å². The van der Waals surface area contributed by atoms with Crippen LogP contribution in [0.4, 0.5) is 15.8 Å². The summed E-state index contributed by atoms with van der Waals surface area (Å²) < 4.78 is 41.6. The molecule has 0 aliphatic heterocycles. The fraction of sp³-hybridized carbons (Fsp3) is 0.321. The van der Waals surface area contributed by atoms with Gasteiger partial charge < -0.3 is 9.80 Å². The van der Waals surface area contributed by atoms with E-state index >= 15 is 0 Å². The summed E-state index contributed by atoms with van der Waals surface area (Å²) >= 11 is 0. The SMILES string of the molecule is C[C@H](c1ccccc1)N(Cc1cc(NS(=O)(=O)c2ccc(F)cc2)ccc1N(C)C)C(=O)C(C)(C)C. The predicted molar refractivity (Wildman–Crippen MR) is 143 cm³/mol. The fourth-order valence-electron chi connectivity index (χ4n) is 3.95. The van der Waals surface area contributed by atoms with Crippen molar-refractivity contribution in [2.24, 2.45) is 5.41 Å². The highest BCUT2D eigenvalue weighted by Crippen LogP contribution is 2.32. The van der Waals surface area contributed by atoms with E-state index in [0.717, 1.165) is 28.9 Å². The van der Waals surface area contributed by atoms with Crippen molar-refractivity contribution in [3.63, 3.8) is 0 Å². The number of rotatable bonds is 8. The summed E-state index contributed by atoms with van der Waals surface area (Å²) in [5, 5.41) is 0. The van der Waals surface area contributed by atoms with Crippen molar-refractivity contribution in [1.29, 1.82) is 0 Å². The summed E-state index contributed by atoms with van der Waals surface area (Å²) in [6, 6.07) is 19.5. The first-order chi connectivity index (χ1) is 16.8. The van der Waals surface area contributed by atoms with Gasteiger partial charge in [0.25, 0.3) is 10.0 Å². The molecule has 1 atom stereocenters. The van der Waals surface area contributed by atoms with Crippen LogP contribution in [0.5, 0.6) is 0 Å². The van der Waals surface area contributed by atoms with Gasteiger partial charge in [0.2, 0.25) is 5.91 Å². The number of halogens is 1. The highest BCUT2D eigenvalue weighted by atomic mass is 32.2. The Bertz CT molecular complexity index is 1300. The van der Waals surface area contributed by atoms with Gasteiger partial charge in [0.05, 0.1) is 10.9 Å². The third-order valence-electron chi connectivity index (χ3n) is 5.93. The van der Waals surface area contributed by atoms with Gasteiger partial charge in [-0.2, -0.15) is 0 Å². The topological polar surface area (TPSA) is 69.7 Å². The molecule has 0 bridgehead atoms. The molecule has 0 aliphatic carbocycles. The fourth-order valence-corrected chi connectivity index (χ4v) is 5.00. The molecule has 3 aromatic carbocycles. The maximum atomic E-state index is 13.6. The Morgan fingerprint density at radius 1 is 0.972 bits per heavy atom. The Morgan fingerprint density at radius 3 is 2.14 bits per heavy atom. The Balaban J connectivity index is 2.01. The predicted octanol–water partition coefficient (Wildman–Crippen LogP) is 5.83. The van der Waals surface area contributed by atoms with E-state index in [2.05, 4.69) is 4.72 Å². The van der Waals surface area contributed by atoms with E-state index < -0.39 is 21.3 Å². The maximum absolute atomic E-state index is 13.6. The number of hydrogen-bond donors (Lipinski definition) is 1. The van der Waals surface area contributed by atoms with Gasteiger partial charge in [0, 0.05) is 37.4 Å². The molecule has 192 valence electrons. The largest absolute Gasteiger partial charge is 0.377 e. The first-order valence-electron chi connectivity index (χ1n) is 11.7.